The number of aromatic nitrogens is 2. The van der Waals surface area contributed by atoms with Gasteiger partial charge in [0.2, 0.25) is 0 Å². The van der Waals surface area contributed by atoms with Crippen molar-refractivity contribution >= 4 is 22.7 Å². The van der Waals surface area contributed by atoms with E-state index < -0.39 is 0 Å². The fourth-order valence-electron chi connectivity index (χ4n) is 3.01. The number of thioether (sulfide) groups is 1. The molecule has 2 aromatic heterocycles. The highest BCUT2D eigenvalue weighted by Gasteiger charge is 2.12. The largest absolute Gasteiger partial charge is 0.422 e. The molecule has 0 spiro atoms. The summed E-state index contributed by atoms with van der Waals surface area (Å²) in [7, 11) is 0. The molecule has 0 N–H and O–H groups in total. The van der Waals surface area contributed by atoms with Crippen molar-refractivity contribution in [2.45, 2.75) is 24.8 Å². The molecule has 0 bridgehead atoms. The van der Waals surface area contributed by atoms with Crippen molar-refractivity contribution in [2.75, 3.05) is 0 Å². The number of aryl methyl sites for hydroxylation is 2. The standard InChI is InChI=1S/C21H17FN2O2S/c1-13-6-7-18-15(10-19(25)26-20(18)14(13)2)12-27-21-23-8-9-24(21)17-5-3-4-16(22)11-17/h3-11H,12H2,1-2H3. The van der Waals surface area contributed by atoms with Crippen LogP contribution >= 0.6 is 11.8 Å². The first-order chi connectivity index (χ1) is 13.0. The Bertz CT molecular complexity index is 1200. The van der Waals surface area contributed by atoms with E-state index in [1.807, 2.05) is 36.6 Å². The molecule has 0 saturated carbocycles. The minimum absolute atomic E-state index is 0.297. The number of imidazole rings is 1. The van der Waals surface area contributed by atoms with E-state index >= 15 is 0 Å². The molecule has 0 atom stereocenters. The molecule has 0 radical (unpaired) electrons. The lowest BCUT2D eigenvalue weighted by atomic mass is 10.0. The molecule has 0 amide bonds. The summed E-state index contributed by atoms with van der Waals surface area (Å²) in [4.78, 5) is 16.4. The molecule has 0 fully saturated rings. The first kappa shape index (κ1) is 17.5. The van der Waals surface area contributed by atoms with E-state index in [0.29, 0.717) is 17.0 Å². The van der Waals surface area contributed by atoms with Crippen LogP contribution in [0.5, 0.6) is 0 Å². The van der Waals surface area contributed by atoms with E-state index in [9.17, 15) is 9.18 Å². The minimum Gasteiger partial charge on any atom is -0.422 e. The molecule has 2 aromatic carbocycles. The van der Waals surface area contributed by atoms with Crippen LogP contribution in [0.1, 0.15) is 16.7 Å². The molecule has 0 aliphatic carbocycles. The van der Waals surface area contributed by atoms with Crippen molar-refractivity contribution in [3.63, 3.8) is 0 Å². The summed E-state index contributed by atoms with van der Waals surface area (Å²) in [6.07, 6.45) is 3.47. The Labute approximate surface area is 159 Å². The second kappa shape index (κ2) is 7.04. The van der Waals surface area contributed by atoms with Crippen LogP contribution in [0, 0.1) is 19.7 Å². The Morgan fingerprint density at radius 2 is 2.04 bits per heavy atom. The first-order valence-corrected chi connectivity index (χ1v) is 9.46. The highest BCUT2D eigenvalue weighted by Crippen LogP contribution is 2.29. The van der Waals surface area contributed by atoms with Crippen LogP contribution in [-0.4, -0.2) is 9.55 Å². The Balaban J connectivity index is 1.69. The van der Waals surface area contributed by atoms with Gasteiger partial charge in [-0.05, 0) is 48.7 Å². The molecule has 0 unspecified atom stereocenters. The van der Waals surface area contributed by atoms with Gasteiger partial charge >= 0.3 is 5.63 Å². The monoisotopic (exact) mass is 380 g/mol. The van der Waals surface area contributed by atoms with Crippen molar-refractivity contribution in [3.8, 4) is 5.69 Å². The maximum absolute atomic E-state index is 13.5. The van der Waals surface area contributed by atoms with Gasteiger partial charge in [0.1, 0.15) is 11.4 Å². The van der Waals surface area contributed by atoms with Crippen molar-refractivity contribution in [2.24, 2.45) is 0 Å². The molecular formula is C21H17FN2O2S. The van der Waals surface area contributed by atoms with E-state index in [4.69, 9.17) is 4.42 Å². The molecule has 0 aliphatic heterocycles. The lowest BCUT2D eigenvalue weighted by Crippen LogP contribution is -2.02. The topological polar surface area (TPSA) is 48.0 Å². The van der Waals surface area contributed by atoms with Crippen molar-refractivity contribution in [1.82, 2.24) is 9.55 Å². The summed E-state index contributed by atoms with van der Waals surface area (Å²) in [5, 5.41) is 1.65. The van der Waals surface area contributed by atoms with Crippen molar-refractivity contribution < 1.29 is 8.81 Å². The lowest BCUT2D eigenvalue weighted by molar-refractivity contribution is 0.557. The predicted octanol–water partition coefficient (Wildman–Crippen LogP) is 5.03. The Morgan fingerprint density at radius 3 is 2.85 bits per heavy atom. The summed E-state index contributed by atoms with van der Waals surface area (Å²) in [5.74, 6) is 0.256. The molecule has 2 heterocycles. The Morgan fingerprint density at radius 1 is 1.19 bits per heavy atom. The second-order valence-corrected chi connectivity index (χ2v) is 7.27. The zero-order valence-corrected chi connectivity index (χ0v) is 15.7. The lowest BCUT2D eigenvalue weighted by Gasteiger charge is -2.10. The van der Waals surface area contributed by atoms with Crippen LogP contribution in [0.15, 0.2) is 69.2 Å². The van der Waals surface area contributed by atoms with Gasteiger partial charge in [-0.1, -0.05) is 30.0 Å². The maximum Gasteiger partial charge on any atom is 0.336 e. The Hall–Kier alpha value is -2.86. The van der Waals surface area contributed by atoms with Crippen LogP contribution in [-0.2, 0) is 5.75 Å². The summed E-state index contributed by atoms with van der Waals surface area (Å²) in [6, 6.07) is 11.9. The van der Waals surface area contributed by atoms with Gasteiger partial charge in [0.25, 0.3) is 0 Å². The van der Waals surface area contributed by atoms with Crippen LogP contribution in [0.25, 0.3) is 16.7 Å². The first-order valence-electron chi connectivity index (χ1n) is 8.48. The molecule has 27 heavy (non-hydrogen) atoms. The van der Waals surface area contributed by atoms with Gasteiger partial charge in [0.15, 0.2) is 5.16 Å². The fourth-order valence-corrected chi connectivity index (χ4v) is 3.97. The minimum atomic E-state index is -0.361. The normalized spacial score (nSPS) is 11.2. The third kappa shape index (κ3) is 3.40. The highest BCUT2D eigenvalue weighted by atomic mass is 32.2. The van der Waals surface area contributed by atoms with E-state index in [-0.39, 0.29) is 11.4 Å². The SMILES string of the molecule is Cc1ccc2c(CSc3nccn3-c3cccc(F)c3)cc(=O)oc2c1C. The molecule has 136 valence electrons. The molecular weight excluding hydrogens is 363 g/mol. The average Bonchev–Trinajstić information content (AvgIpc) is 3.12. The molecule has 6 heteroatoms. The van der Waals surface area contributed by atoms with Crippen molar-refractivity contribution in [1.29, 1.82) is 0 Å². The second-order valence-electron chi connectivity index (χ2n) is 6.32. The van der Waals surface area contributed by atoms with Crippen LogP contribution in [0.4, 0.5) is 4.39 Å². The van der Waals surface area contributed by atoms with E-state index in [1.165, 1.54) is 30.0 Å². The fraction of sp³-hybridized carbons (Fsp3) is 0.143. The molecule has 4 rings (SSSR count). The van der Waals surface area contributed by atoms with Crippen molar-refractivity contribution in [3.05, 3.63) is 87.8 Å². The molecule has 0 saturated heterocycles. The predicted molar refractivity (Wildman–Crippen MR) is 105 cm³/mol. The summed E-state index contributed by atoms with van der Waals surface area (Å²) in [5.41, 5.74) is 3.92. The molecule has 4 nitrogen and oxygen atoms in total. The number of hydrogen-bond donors (Lipinski definition) is 0. The summed E-state index contributed by atoms with van der Waals surface area (Å²) < 4.78 is 20.8. The third-order valence-corrected chi connectivity index (χ3v) is 5.58. The number of hydrogen-bond acceptors (Lipinski definition) is 4. The van der Waals surface area contributed by atoms with E-state index in [2.05, 4.69) is 4.98 Å². The van der Waals surface area contributed by atoms with Gasteiger partial charge in [-0.15, -0.1) is 0 Å². The summed E-state index contributed by atoms with van der Waals surface area (Å²) in [6.45, 7) is 3.94. The van der Waals surface area contributed by atoms with Gasteiger partial charge in [-0.2, -0.15) is 0 Å². The molecule has 0 aliphatic rings. The average molecular weight is 380 g/mol. The quantitative estimate of drug-likeness (QED) is 0.368. The van der Waals surface area contributed by atoms with Crippen LogP contribution in [0.2, 0.25) is 0 Å². The van der Waals surface area contributed by atoms with Gasteiger partial charge < -0.3 is 4.42 Å². The van der Waals surface area contributed by atoms with E-state index in [1.54, 1.807) is 18.5 Å². The Kier molecular flexibility index (Phi) is 4.58. The van der Waals surface area contributed by atoms with Crippen LogP contribution < -0.4 is 5.63 Å². The summed E-state index contributed by atoms with van der Waals surface area (Å²) >= 11 is 1.49. The van der Waals surface area contributed by atoms with Gasteiger partial charge in [-0.3, -0.25) is 4.57 Å². The number of nitrogens with zero attached hydrogens (tertiary/aromatic N) is 2. The zero-order valence-electron chi connectivity index (χ0n) is 14.9. The number of fused-ring (bicyclic) bond motifs is 1. The van der Waals surface area contributed by atoms with Crippen LogP contribution in [0.3, 0.4) is 0 Å². The van der Waals surface area contributed by atoms with Gasteiger partial charge in [-0.25, -0.2) is 14.2 Å². The smallest absolute Gasteiger partial charge is 0.336 e. The highest BCUT2D eigenvalue weighted by molar-refractivity contribution is 7.98. The molecule has 4 aromatic rings. The van der Waals surface area contributed by atoms with E-state index in [0.717, 1.165) is 27.2 Å². The van der Waals surface area contributed by atoms with Gasteiger partial charge in [0, 0.05) is 29.6 Å². The third-order valence-electron chi connectivity index (χ3n) is 4.57. The van der Waals surface area contributed by atoms with Gasteiger partial charge in [0.05, 0.1) is 5.69 Å². The zero-order chi connectivity index (χ0) is 19.0. The number of halogens is 1. The number of benzene rings is 2. The maximum atomic E-state index is 13.5. The number of rotatable bonds is 4.